The van der Waals surface area contributed by atoms with Crippen LogP contribution in [0.4, 0.5) is 5.82 Å². The van der Waals surface area contributed by atoms with Crippen molar-refractivity contribution in [3.63, 3.8) is 0 Å². The van der Waals surface area contributed by atoms with E-state index in [9.17, 15) is 4.79 Å². The van der Waals surface area contributed by atoms with Crippen LogP contribution in [0.5, 0.6) is 0 Å². The number of imidazole rings is 1. The highest BCUT2D eigenvalue weighted by Gasteiger charge is 2.50. The number of pyridine rings is 1. The van der Waals surface area contributed by atoms with Gasteiger partial charge in [-0.2, -0.15) is 10.2 Å². The Hall–Kier alpha value is -3.03. The second-order valence-corrected chi connectivity index (χ2v) is 9.13. The average Bonchev–Trinajstić information content (AvgIpc) is 3.24. The summed E-state index contributed by atoms with van der Waals surface area (Å²) < 4.78 is 0. The molecule has 160 valence electrons. The van der Waals surface area contributed by atoms with Gasteiger partial charge < -0.3 is 14.8 Å². The molecule has 3 aromatic rings. The molecule has 0 aromatic carbocycles. The molecule has 8 heteroatoms. The summed E-state index contributed by atoms with van der Waals surface area (Å²) in [6, 6.07) is 8.03. The number of hydrogen-bond acceptors (Lipinski definition) is 6. The third kappa shape index (κ3) is 3.25. The Kier molecular flexibility index (Phi) is 4.40. The standard InChI is InChI=1S/C23H27N7O/c31-21(29-12-1-2-13-29)16-5-4-14-30(15-16)19-8-7-17-20(26-19)27-22(25-17)23(9-10-23)18-6-3-11-24-28-18/h3,6-8,11,16H,1-2,4-5,9-10,12-15H2,(H,25,26,27)/t16-/m1/s1. The maximum atomic E-state index is 12.9. The number of H-pyrrole nitrogens is 1. The van der Waals surface area contributed by atoms with Crippen molar-refractivity contribution in [2.75, 3.05) is 31.1 Å². The zero-order valence-corrected chi connectivity index (χ0v) is 17.6. The predicted octanol–water partition coefficient (Wildman–Crippen LogP) is 2.67. The Morgan fingerprint density at radius 2 is 1.94 bits per heavy atom. The van der Waals surface area contributed by atoms with Gasteiger partial charge in [0.05, 0.1) is 17.0 Å². The van der Waals surface area contributed by atoms with E-state index in [1.54, 1.807) is 6.20 Å². The van der Waals surface area contributed by atoms with Gasteiger partial charge in [-0.15, -0.1) is 0 Å². The third-order valence-corrected chi connectivity index (χ3v) is 7.11. The fourth-order valence-electron chi connectivity index (χ4n) is 5.17. The summed E-state index contributed by atoms with van der Waals surface area (Å²) in [5, 5.41) is 8.38. The number of piperidine rings is 1. The van der Waals surface area contributed by atoms with Gasteiger partial charge in [0.15, 0.2) is 5.65 Å². The summed E-state index contributed by atoms with van der Waals surface area (Å²) in [7, 11) is 0. The van der Waals surface area contributed by atoms with E-state index in [0.29, 0.717) is 5.91 Å². The van der Waals surface area contributed by atoms with E-state index in [1.165, 1.54) is 0 Å². The number of anilines is 1. The van der Waals surface area contributed by atoms with Crippen LogP contribution in [0.1, 0.15) is 50.0 Å². The van der Waals surface area contributed by atoms with Crippen LogP contribution in [-0.4, -0.2) is 62.1 Å². The highest BCUT2D eigenvalue weighted by atomic mass is 16.2. The number of aromatic amines is 1. The lowest BCUT2D eigenvalue weighted by molar-refractivity contribution is -0.134. The van der Waals surface area contributed by atoms with Crippen LogP contribution in [0.2, 0.25) is 0 Å². The van der Waals surface area contributed by atoms with Gasteiger partial charge in [-0.3, -0.25) is 4.79 Å². The number of nitrogens with zero attached hydrogens (tertiary/aromatic N) is 6. The summed E-state index contributed by atoms with van der Waals surface area (Å²) in [6.07, 6.45) is 8.01. The molecule has 2 aliphatic heterocycles. The molecule has 0 bridgehead atoms. The van der Waals surface area contributed by atoms with Gasteiger partial charge in [-0.1, -0.05) is 0 Å². The van der Waals surface area contributed by atoms with Crippen molar-refractivity contribution in [1.82, 2.24) is 30.0 Å². The lowest BCUT2D eigenvalue weighted by atomic mass is 9.96. The first-order valence-electron chi connectivity index (χ1n) is 11.4. The van der Waals surface area contributed by atoms with Gasteiger partial charge in [0.25, 0.3) is 0 Å². The lowest BCUT2D eigenvalue weighted by Gasteiger charge is -2.34. The number of amides is 1. The van der Waals surface area contributed by atoms with Crippen LogP contribution >= 0.6 is 0 Å². The second kappa shape index (κ2) is 7.28. The fraction of sp³-hybridized carbons (Fsp3) is 0.522. The first-order valence-corrected chi connectivity index (χ1v) is 11.4. The molecule has 5 heterocycles. The van der Waals surface area contributed by atoms with Crippen molar-refractivity contribution in [1.29, 1.82) is 0 Å². The molecular formula is C23H27N7O. The van der Waals surface area contributed by atoms with Crippen LogP contribution in [-0.2, 0) is 10.2 Å². The topological polar surface area (TPSA) is 90.9 Å². The summed E-state index contributed by atoms with van der Waals surface area (Å²) >= 11 is 0. The van der Waals surface area contributed by atoms with Crippen molar-refractivity contribution in [3.05, 3.63) is 42.0 Å². The van der Waals surface area contributed by atoms with Crippen LogP contribution in [0.3, 0.4) is 0 Å². The highest BCUT2D eigenvalue weighted by Crippen LogP contribution is 2.51. The molecule has 1 amide bonds. The quantitative estimate of drug-likeness (QED) is 0.702. The maximum Gasteiger partial charge on any atom is 0.227 e. The second-order valence-electron chi connectivity index (χ2n) is 9.13. The molecule has 1 N–H and O–H groups in total. The van der Waals surface area contributed by atoms with Gasteiger partial charge in [0, 0.05) is 32.4 Å². The molecule has 1 saturated carbocycles. The molecule has 1 aliphatic carbocycles. The molecule has 2 saturated heterocycles. The molecular weight excluding hydrogens is 390 g/mol. The molecule has 3 aromatic heterocycles. The minimum atomic E-state index is -0.159. The zero-order chi connectivity index (χ0) is 20.8. The maximum absolute atomic E-state index is 12.9. The normalized spacial score (nSPS) is 22.8. The van der Waals surface area contributed by atoms with Gasteiger partial charge in [-0.05, 0) is 62.8 Å². The number of nitrogens with one attached hydrogen (secondary N) is 1. The fourth-order valence-corrected chi connectivity index (χ4v) is 5.17. The summed E-state index contributed by atoms with van der Waals surface area (Å²) in [5.74, 6) is 2.25. The smallest absolute Gasteiger partial charge is 0.227 e. The van der Waals surface area contributed by atoms with Crippen molar-refractivity contribution in [2.24, 2.45) is 5.92 Å². The van der Waals surface area contributed by atoms with Crippen molar-refractivity contribution in [3.8, 4) is 0 Å². The van der Waals surface area contributed by atoms with E-state index in [4.69, 9.17) is 9.97 Å². The van der Waals surface area contributed by atoms with E-state index < -0.39 is 0 Å². The Morgan fingerprint density at radius 3 is 2.71 bits per heavy atom. The number of fused-ring (bicyclic) bond motifs is 1. The molecule has 3 aliphatic rings. The molecule has 0 unspecified atom stereocenters. The number of likely N-dealkylation sites (tertiary alicyclic amines) is 1. The lowest BCUT2D eigenvalue weighted by Crippen LogP contribution is -2.44. The largest absolute Gasteiger partial charge is 0.356 e. The monoisotopic (exact) mass is 417 g/mol. The van der Waals surface area contributed by atoms with E-state index in [1.807, 2.05) is 29.2 Å². The van der Waals surface area contributed by atoms with Gasteiger partial charge in [0.2, 0.25) is 5.91 Å². The van der Waals surface area contributed by atoms with Crippen LogP contribution in [0.25, 0.3) is 11.2 Å². The molecule has 3 fully saturated rings. The Labute approximate surface area is 181 Å². The number of aromatic nitrogens is 5. The Morgan fingerprint density at radius 1 is 1.06 bits per heavy atom. The van der Waals surface area contributed by atoms with Gasteiger partial charge in [0.1, 0.15) is 17.2 Å². The minimum Gasteiger partial charge on any atom is -0.356 e. The molecule has 6 rings (SSSR count). The number of carbonyl (C=O) groups is 1. The van der Waals surface area contributed by atoms with E-state index in [0.717, 1.165) is 93.2 Å². The van der Waals surface area contributed by atoms with Crippen LogP contribution in [0.15, 0.2) is 30.5 Å². The third-order valence-electron chi connectivity index (χ3n) is 7.11. The first kappa shape index (κ1) is 18.7. The molecule has 1 atom stereocenters. The van der Waals surface area contributed by atoms with E-state index in [-0.39, 0.29) is 11.3 Å². The molecule has 0 radical (unpaired) electrons. The number of rotatable bonds is 4. The predicted molar refractivity (Wildman–Crippen MR) is 117 cm³/mol. The number of carbonyl (C=O) groups excluding carboxylic acids is 1. The SMILES string of the molecule is O=C([C@@H]1CCCN(c2ccc3nc(C4(c5cccnn5)CC4)[nH]c3n2)C1)N1CCCC1. The summed E-state index contributed by atoms with van der Waals surface area (Å²) in [5.41, 5.74) is 2.48. The van der Waals surface area contributed by atoms with Crippen LogP contribution in [0, 0.1) is 5.92 Å². The van der Waals surface area contributed by atoms with Gasteiger partial charge in [-0.25, -0.2) is 9.97 Å². The minimum absolute atomic E-state index is 0.0769. The Balaban J connectivity index is 1.25. The number of hydrogen-bond donors (Lipinski definition) is 1. The average molecular weight is 418 g/mol. The van der Waals surface area contributed by atoms with Crippen molar-refractivity contribution < 1.29 is 4.79 Å². The zero-order valence-electron chi connectivity index (χ0n) is 17.6. The molecule has 31 heavy (non-hydrogen) atoms. The van der Waals surface area contributed by atoms with Crippen molar-refractivity contribution in [2.45, 2.75) is 43.9 Å². The summed E-state index contributed by atoms with van der Waals surface area (Å²) in [4.78, 5) is 30.4. The van der Waals surface area contributed by atoms with Crippen LogP contribution < -0.4 is 4.90 Å². The van der Waals surface area contributed by atoms with E-state index >= 15 is 0 Å². The van der Waals surface area contributed by atoms with Crippen molar-refractivity contribution >= 4 is 22.9 Å². The van der Waals surface area contributed by atoms with E-state index in [2.05, 4.69) is 20.1 Å². The van der Waals surface area contributed by atoms with Gasteiger partial charge >= 0.3 is 0 Å². The highest BCUT2D eigenvalue weighted by molar-refractivity contribution is 5.80. The Bertz CT molecular complexity index is 1100. The molecule has 0 spiro atoms. The summed E-state index contributed by atoms with van der Waals surface area (Å²) in [6.45, 7) is 3.53. The molecule has 8 nitrogen and oxygen atoms in total. The first-order chi connectivity index (χ1) is 15.2.